The third-order valence-electron chi connectivity index (χ3n) is 4.94. The predicted molar refractivity (Wildman–Crippen MR) is 109 cm³/mol. The number of carboxylic acid groups (broad SMARTS) is 1. The van der Waals surface area contributed by atoms with Gasteiger partial charge in [-0.15, -0.1) is 0 Å². The van der Waals surface area contributed by atoms with E-state index in [4.69, 9.17) is 9.84 Å². The normalized spacial score (nSPS) is 10.9. The van der Waals surface area contributed by atoms with Crippen LogP contribution in [0.3, 0.4) is 0 Å². The van der Waals surface area contributed by atoms with Crippen molar-refractivity contribution in [3.05, 3.63) is 72.6 Å². The number of aryl methyl sites for hydroxylation is 1. The minimum atomic E-state index is -0.996. The van der Waals surface area contributed by atoms with Crippen molar-refractivity contribution in [3.8, 4) is 28.3 Å². The van der Waals surface area contributed by atoms with Crippen LogP contribution in [0.15, 0.2) is 66.9 Å². The number of hydrogen-bond acceptors (Lipinski definition) is 3. The molecule has 0 amide bonds. The molecule has 4 rings (SSSR count). The van der Waals surface area contributed by atoms with Gasteiger partial charge in [0.2, 0.25) is 0 Å². The summed E-state index contributed by atoms with van der Waals surface area (Å²) in [7, 11) is 2.03. The highest BCUT2D eigenvalue weighted by atomic mass is 16.5. The van der Waals surface area contributed by atoms with E-state index in [9.17, 15) is 4.79 Å². The first-order valence-corrected chi connectivity index (χ1v) is 9.00. The smallest absolute Gasteiger partial charge is 0.341 e. The molecule has 0 saturated carbocycles. The Labute approximate surface area is 162 Å². The maximum Gasteiger partial charge on any atom is 0.341 e. The van der Waals surface area contributed by atoms with Gasteiger partial charge in [0.1, 0.15) is 5.75 Å². The lowest BCUT2D eigenvalue weighted by molar-refractivity contribution is -0.139. The Hall–Kier alpha value is -3.60. The minimum absolute atomic E-state index is 0.365. The summed E-state index contributed by atoms with van der Waals surface area (Å²) >= 11 is 0. The van der Waals surface area contributed by atoms with Crippen molar-refractivity contribution in [2.45, 2.75) is 6.92 Å². The van der Waals surface area contributed by atoms with Gasteiger partial charge in [-0.1, -0.05) is 30.3 Å². The molecule has 0 bridgehead atoms. The van der Waals surface area contributed by atoms with Gasteiger partial charge >= 0.3 is 5.97 Å². The van der Waals surface area contributed by atoms with Gasteiger partial charge in [-0.25, -0.2) is 4.79 Å². The first kappa shape index (κ1) is 17.8. The zero-order valence-corrected chi connectivity index (χ0v) is 15.7. The molecule has 0 aliphatic rings. The fourth-order valence-corrected chi connectivity index (χ4v) is 3.40. The molecule has 4 aromatic rings. The summed E-state index contributed by atoms with van der Waals surface area (Å²) in [5, 5.41) is 10.8. The Morgan fingerprint density at radius 1 is 1.07 bits per heavy atom. The van der Waals surface area contributed by atoms with E-state index in [2.05, 4.69) is 34.7 Å². The molecule has 2 aromatic carbocycles. The third kappa shape index (κ3) is 3.22. The van der Waals surface area contributed by atoms with Crippen LogP contribution < -0.4 is 4.74 Å². The zero-order valence-electron chi connectivity index (χ0n) is 15.7. The quantitative estimate of drug-likeness (QED) is 0.552. The van der Waals surface area contributed by atoms with Gasteiger partial charge in [-0.05, 0) is 53.8 Å². The summed E-state index contributed by atoms with van der Waals surface area (Å²) < 4.78 is 7.59. The molecule has 140 valence electrons. The molecule has 0 aliphatic carbocycles. The number of carboxylic acids is 1. The van der Waals surface area contributed by atoms with Gasteiger partial charge in [-0.2, -0.15) is 0 Å². The summed E-state index contributed by atoms with van der Waals surface area (Å²) in [6.45, 7) is 1.70. The van der Waals surface area contributed by atoms with Gasteiger partial charge in [0.25, 0.3) is 0 Å². The van der Waals surface area contributed by atoms with Crippen molar-refractivity contribution in [1.82, 2.24) is 9.55 Å². The lowest BCUT2D eigenvalue weighted by Gasteiger charge is -2.13. The topological polar surface area (TPSA) is 64.3 Å². The molecule has 0 fully saturated rings. The van der Waals surface area contributed by atoms with Gasteiger partial charge in [0, 0.05) is 24.3 Å². The second-order valence-corrected chi connectivity index (χ2v) is 6.69. The molecule has 1 N–H and O–H groups in total. The van der Waals surface area contributed by atoms with Crippen LogP contribution in [0.5, 0.6) is 5.75 Å². The van der Waals surface area contributed by atoms with Crippen molar-refractivity contribution < 1.29 is 14.6 Å². The summed E-state index contributed by atoms with van der Waals surface area (Å²) in [5.74, 6) is -0.432. The number of aromatic nitrogens is 2. The molecule has 0 spiro atoms. The molecule has 0 saturated heterocycles. The van der Waals surface area contributed by atoms with Crippen LogP contribution in [-0.2, 0) is 11.8 Å². The van der Waals surface area contributed by atoms with E-state index in [-0.39, 0.29) is 6.61 Å². The van der Waals surface area contributed by atoms with Crippen molar-refractivity contribution >= 4 is 16.7 Å². The Kier molecular flexibility index (Phi) is 4.57. The Bertz CT molecular complexity index is 1180. The number of fused-ring (bicyclic) bond motifs is 1. The second-order valence-electron chi connectivity index (χ2n) is 6.69. The van der Waals surface area contributed by atoms with Gasteiger partial charge in [0.15, 0.2) is 6.61 Å². The van der Waals surface area contributed by atoms with Gasteiger partial charge in [-0.3, -0.25) is 4.98 Å². The van der Waals surface area contributed by atoms with Crippen LogP contribution in [0, 0.1) is 6.92 Å². The monoisotopic (exact) mass is 372 g/mol. The molecule has 0 unspecified atom stereocenters. The molecular weight excluding hydrogens is 352 g/mol. The number of hydrogen-bond donors (Lipinski definition) is 1. The summed E-state index contributed by atoms with van der Waals surface area (Å²) in [6.07, 6.45) is 1.82. The molecule has 0 radical (unpaired) electrons. The number of benzene rings is 2. The van der Waals surface area contributed by atoms with Crippen LogP contribution >= 0.6 is 0 Å². The first-order valence-electron chi connectivity index (χ1n) is 9.00. The predicted octanol–water partition coefficient (Wildman–Crippen LogP) is 4.68. The first-order chi connectivity index (χ1) is 13.5. The SMILES string of the molecule is Cc1ccc(-c2cc(-c3ccc(OCC(=O)O)c4ccccc34)ccn2)n1C. The van der Waals surface area contributed by atoms with Crippen molar-refractivity contribution in [1.29, 1.82) is 0 Å². The number of aliphatic carboxylic acids is 1. The molecule has 0 atom stereocenters. The van der Waals surface area contributed by atoms with Gasteiger partial charge in [0.05, 0.1) is 11.4 Å². The molecule has 0 aliphatic heterocycles. The Morgan fingerprint density at radius 3 is 2.57 bits per heavy atom. The molecule has 5 heteroatoms. The molecular formula is C23H20N2O3. The Morgan fingerprint density at radius 2 is 1.86 bits per heavy atom. The highest BCUT2D eigenvalue weighted by Gasteiger charge is 2.12. The average Bonchev–Trinajstić information content (AvgIpc) is 3.04. The fraction of sp³-hybridized carbons (Fsp3) is 0.130. The van der Waals surface area contributed by atoms with Crippen molar-refractivity contribution in [2.75, 3.05) is 6.61 Å². The standard InChI is InChI=1S/C23H20N2O3/c1-15-7-9-21(25(15)2)20-13-16(11-12-24-20)17-8-10-22(28-14-23(26)27)19-6-4-3-5-18(17)19/h3-13H,14H2,1-2H3,(H,26,27). The van der Waals surface area contributed by atoms with E-state index in [0.29, 0.717) is 5.75 Å². The number of nitrogens with zero attached hydrogens (tertiary/aromatic N) is 2. The number of carbonyl (C=O) groups is 1. The van der Waals surface area contributed by atoms with Crippen LogP contribution in [0.1, 0.15) is 5.69 Å². The lowest BCUT2D eigenvalue weighted by Crippen LogP contribution is -2.09. The maximum absolute atomic E-state index is 10.9. The molecule has 2 heterocycles. The van der Waals surface area contributed by atoms with Crippen LogP contribution in [0.2, 0.25) is 0 Å². The highest BCUT2D eigenvalue weighted by Crippen LogP contribution is 2.35. The fourth-order valence-electron chi connectivity index (χ4n) is 3.40. The van der Waals surface area contributed by atoms with Crippen molar-refractivity contribution in [2.24, 2.45) is 7.05 Å². The Balaban J connectivity index is 1.82. The average molecular weight is 372 g/mol. The van der Waals surface area contributed by atoms with E-state index in [1.54, 1.807) is 0 Å². The van der Waals surface area contributed by atoms with E-state index >= 15 is 0 Å². The van der Waals surface area contributed by atoms with Crippen LogP contribution in [-0.4, -0.2) is 27.2 Å². The number of ether oxygens (including phenoxy) is 1. The summed E-state index contributed by atoms with van der Waals surface area (Å²) in [4.78, 5) is 15.4. The lowest BCUT2D eigenvalue weighted by atomic mass is 9.97. The van der Waals surface area contributed by atoms with Crippen LogP contribution in [0.25, 0.3) is 33.3 Å². The van der Waals surface area contributed by atoms with E-state index in [1.807, 2.05) is 55.7 Å². The largest absolute Gasteiger partial charge is 0.481 e. The molecule has 5 nitrogen and oxygen atoms in total. The van der Waals surface area contributed by atoms with Gasteiger partial charge < -0.3 is 14.4 Å². The molecule has 28 heavy (non-hydrogen) atoms. The van der Waals surface area contributed by atoms with E-state index in [1.165, 1.54) is 5.69 Å². The van der Waals surface area contributed by atoms with Crippen molar-refractivity contribution in [3.63, 3.8) is 0 Å². The number of rotatable bonds is 5. The zero-order chi connectivity index (χ0) is 19.7. The van der Waals surface area contributed by atoms with E-state index < -0.39 is 5.97 Å². The third-order valence-corrected chi connectivity index (χ3v) is 4.94. The summed E-state index contributed by atoms with van der Waals surface area (Å²) in [6, 6.07) is 19.9. The number of pyridine rings is 1. The van der Waals surface area contributed by atoms with Crippen LogP contribution in [0.4, 0.5) is 0 Å². The minimum Gasteiger partial charge on any atom is -0.481 e. The molecule has 2 aromatic heterocycles. The second kappa shape index (κ2) is 7.19. The maximum atomic E-state index is 10.9. The highest BCUT2D eigenvalue weighted by molar-refractivity contribution is 6.00. The summed E-state index contributed by atoms with van der Waals surface area (Å²) in [5.41, 5.74) is 5.23. The van der Waals surface area contributed by atoms with E-state index in [0.717, 1.165) is 33.3 Å².